The lowest BCUT2D eigenvalue weighted by molar-refractivity contribution is -0.119. The first-order valence-corrected chi connectivity index (χ1v) is 8.80. The molecule has 0 atom stereocenters. The van der Waals surface area contributed by atoms with E-state index in [0.29, 0.717) is 35.4 Å². The molecule has 0 aromatic carbocycles. The van der Waals surface area contributed by atoms with E-state index in [-0.39, 0.29) is 5.91 Å². The van der Waals surface area contributed by atoms with Gasteiger partial charge in [-0.1, -0.05) is 0 Å². The zero-order valence-electron chi connectivity index (χ0n) is 11.3. The lowest BCUT2D eigenvalue weighted by Gasteiger charge is -2.30. The average molecular weight is 317 g/mol. The number of nitrogens with one attached hydrogen (secondary N) is 1. The van der Waals surface area contributed by atoms with Crippen LogP contribution < -0.4 is 11.1 Å². The second-order valence-electron chi connectivity index (χ2n) is 4.98. The van der Waals surface area contributed by atoms with Crippen molar-refractivity contribution in [3.63, 3.8) is 0 Å². The largest absolute Gasteiger partial charge is 0.398 e. The van der Waals surface area contributed by atoms with Gasteiger partial charge in [0.15, 0.2) is 0 Å². The zero-order chi connectivity index (χ0) is 14.8. The summed E-state index contributed by atoms with van der Waals surface area (Å²) in [5, 5.41) is 4.42. The maximum atomic E-state index is 12.4. The van der Waals surface area contributed by atoms with Crippen LogP contribution in [0.25, 0.3) is 0 Å². The summed E-state index contributed by atoms with van der Waals surface area (Å²) >= 11 is 1.15. The van der Waals surface area contributed by atoms with Crippen LogP contribution in [0.4, 0.5) is 5.69 Å². The van der Waals surface area contributed by atoms with Gasteiger partial charge < -0.3 is 11.1 Å². The minimum atomic E-state index is -3.41. The summed E-state index contributed by atoms with van der Waals surface area (Å²) in [6.45, 7) is 3.09. The van der Waals surface area contributed by atoms with Gasteiger partial charge in [0.25, 0.3) is 10.0 Å². The fourth-order valence-corrected chi connectivity index (χ4v) is 4.94. The standard InChI is InChI=1S/C12H19N3O3S2/c1-9(16)14-7-10-2-4-15(5-3-10)20(17,18)12-6-11(13)8-19-12/h6,8,10H,2-5,7,13H2,1H3,(H,14,16). The number of amides is 1. The molecule has 20 heavy (non-hydrogen) atoms. The summed E-state index contributed by atoms with van der Waals surface area (Å²) < 4.78 is 26.6. The van der Waals surface area contributed by atoms with Gasteiger partial charge in [0, 0.05) is 37.6 Å². The molecule has 1 aromatic rings. The molecule has 2 heterocycles. The molecule has 1 amide bonds. The third-order valence-corrected chi connectivity index (χ3v) is 6.74. The Labute approximate surface area is 123 Å². The van der Waals surface area contributed by atoms with Crippen molar-refractivity contribution in [3.05, 3.63) is 11.4 Å². The van der Waals surface area contributed by atoms with Gasteiger partial charge in [0.2, 0.25) is 5.91 Å². The van der Waals surface area contributed by atoms with Crippen molar-refractivity contribution in [1.82, 2.24) is 9.62 Å². The van der Waals surface area contributed by atoms with Crippen LogP contribution in [0.1, 0.15) is 19.8 Å². The molecule has 0 radical (unpaired) electrons. The van der Waals surface area contributed by atoms with Crippen molar-refractivity contribution < 1.29 is 13.2 Å². The second kappa shape index (κ2) is 6.11. The molecule has 0 unspecified atom stereocenters. The number of thiophene rings is 1. The van der Waals surface area contributed by atoms with Crippen molar-refractivity contribution >= 4 is 33.0 Å². The fraction of sp³-hybridized carbons (Fsp3) is 0.583. The number of anilines is 1. The lowest BCUT2D eigenvalue weighted by atomic mass is 9.98. The van der Waals surface area contributed by atoms with Gasteiger partial charge in [-0.15, -0.1) is 11.3 Å². The number of hydrogen-bond acceptors (Lipinski definition) is 5. The highest BCUT2D eigenvalue weighted by Gasteiger charge is 2.30. The van der Waals surface area contributed by atoms with Crippen molar-refractivity contribution in [2.24, 2.45) is 5.92 Å². The van der Waals surface area contributed by atoms with Crippen LogP contribution in [-0.2, 0) is 14.8 Å². The summed E-state index contributed by atoms with van der Waals surface area (Å²) in [4.78, 5) is 10.9. The minimum absolute atomic E-state index is 0.0471. The molecule has 1 aliphatic heterocycles. The van der Waals surface area contributed by atoms with E-state index in [1.54, 1.807) is 5.38 Å². The third-order valence-electron chi connectivity index (χ3n) is 3.40. The summed E-state index contributed by atoms with van der Waals surface area (Å²) in [5.74, 6) is 0.299. The lowest BCUT2D eigenvalue weighted by Crippen LogP contribution is -2.41. The molecule has 2 rings (SSSR count). The first-order chi connectivity index (χ1) is 9.39. The van der Waals surface area contributed by atoms with Gasteiger partial charge in [-0.25, -0.2) is 8.42 Å². The van der Waals surface area contributed by atoms with Crippen LogP contribution in [0, 0.1) is 5.92 Å². The van der Waals surface area contributed by atoms with Gasteiger partial charge >= 0.3 is 0 Å². The van der Waals surface area contributed by atoms with Crippen LogP contribution in [0.3, 0.4) is 0 Å². The summed E-state index contributed by atoms with van der Waals surface area (Å²) in [7, 11) is -3.41. The molecule has 1 aliphatic rings. The highest BCUT2D eigenvalue weighted by molar-refractivity contribution is 7.91. The minimum Gasteiger partial charge on any atom is -0.398 e. The Hall–Kier alpha value is -1.12. The highest BCUT2D eigenvalue weighted by atomic mass is 32.2. The van der Waals surface area contributed by atoms with E-state index in [0.717, 1.165) is 24.2 Å². The summed E-state index contributed by atoms with van der Waals surface area (Å²) in [6, 6.07) is 1.50. The molecule has 112 valence electrons. The van der Waals surface area contributed by atoms with Crippen LogP contribution in [0.2, 0.25) is 0 Å². The number of piperidine rings is 1. The predicted octanol–water partition coefficient (Wildman–Crippen LogP) is 0.867. The Morgan fingerprint density at radius 1 is 1.50 bits per heavy atom. The van der Waals surface area contributed by atoms with Crippen LogP contribution >= 0.6 is 11.3 Å². The van der Waals surface area contributed by atoms with E-state index in [4.69, 9.17) is 5.73 Å². The monoisotopic (exact) mass is 317 g/mol. The smallest absolute Gasteiger partial charge is 0.252 e. The topological polar surface area (TPSA) is 92.5 Å². The van der Waals surface area contributed by atoms with Gasteiger partial charge in [-0.3, -0.25) is 4.79 Å². The first-order valence-electron chi connectivity index (χ1n) is 6.48. The Morgan fingerprint density at radius 3 is 2.65 bits per heavy atom. The SMILES string of the molecule is CC(=O)NCC1CCN(S(=O)(=O)c2cc(N)cs2)CC1. The van der Waals surface area contributed by atoms with E-state index >= 15 is 0 Å². The molecular formula is C12H19N3O3S2. The molecule has 0 saturated carbocycles. The van der Waals surface area contributed by atoms with E-state index < -0.39 is 10.0 Å². The number of sulfonamides is 1. The maximum absolute atomic E-state index is 12.4. The Balaban J connectivity index is 1.95. The molecular weight excluding hydrogens is 298 g/mol. The van der Waals surface area contributed by atoms with E-state index in [1.165, 1.54) is 17.3 Å². The number of hydrogen-bond donors (Lipinski definition) is 2. The number of rotatable bonds is 4. The van der Waals surface area contributed by atoms with Crippen molar-refractivity contribution in [3.8, 4) is 0 Å². The molecule has 0 spiro atoms. The van der Waals surface area contributed by atoms with E-state index in [1.807, 2.05) is 0 Å². The third kappa shape index (κ3) is 3.50. The van der Waals surface area contributed by atoms with Crippen LogP contribution in [0.15, 0.2) is 15.7 Å². The quantitative estimate of drug-likeness (QED) is 0.861. The van der Waals surface area contributed by atoms with E-state index in [9.17, 15) is 13.2 Å². The Morgan fingerprint density at radius 2 is 2.15 bits per heavy atom. The van der Waals surface area contributed by atoms with Crippen LogP contribution in [0.5, 0.6) is 0 Å². The number of carbonyl (C=O) groups excluding carboxylic acids is 1. The molecule has 6 nitrogen and oxygen atoms in total. The predicted molar refractivity (Wildman–Crippen MR) is 78.9 cm³/mol. The number of nitrogens with two attached hydrogens (primary N) is 1. The normalized spacial score (nSPS) is 18.1. The molecule has 1 fully saturated rings. The van der Waals surface area contributed by atoms with Gasteiger partial charge in [0.1, 0.15) is 4.21 Å². The summed E-state index contributed by atoms with van der Waals surface area (Å²) in [6.07, 6.45) is 1.53. The molecule has 1 aromatic heterocycles. The van der Waals surface area contributed by atoms with Gasteiger partial charge in [-0.2, -0.15) is 4.31 Å². The number of nitrogen functional groups attached to an aromatic ring is 1. The van der Waals surface area contributed by atoms with E-state index in [2.05, 4.69) is 5.32 Å². The molecule has 3 N–H and O–H groups in total. The summed E-state index contributed by atoms with van der Waals surface area (Å²) in [5.41, 5.74) is 6.06. The Bertz CT molecular complexity index is 575. The van der Waals surface area contributed by atoms with Gasteiger partial charge in [0.05, 0.1) is 0 Å². The average Bonchev–Trinajstić information content (AvgIpc) is 2.84. The van der Waals surface area contributed by atoms with Crippen molar-refractivity contribution in [2.75, 3.05) is 25.4 Å². The Kier molecular flexibility index (Phi) is 4.66. The maximum Gasteiger partial charge on any atom is 0.252 e. The molecule has 0 aliphatic carbocycles. The first kappa shape index (κ1) is 15.3. The molecule has 0 bridgehead atoms. The highest BCUT2D eigenvalue weighted by Crippen LogP contribution is 2.28. The fourth-order valence-electron chi connectivity index (χ4n) is 2.23. The van der Waals surface area contributed by atoms with Crippen LogP contribution in [-0.4, -0.2) is 38.3 Å². The number of carbonyl (C=O) groups is 1. The molecule has 8 heteroatoms. The zero-order valence-corrected chi connectivity index (χ0v) is 13.0. The van der Waals surface area contributed by atoms with Crippen molar-refractivity contribution in [1.29, 1.82) is 0 Å². The van der Waals surface area contributed by atoms with Crippen molar-refractivity contribution in [2.45, 2.75) is 24.0 Å². The number of nitrogens with zero attached hydrogens (tertiary/aromatic N) is 1. The second-order valence-corrected chi connectivity index (χ2v) is 8.06. The molecule has 1 saturated heterocycles. The van der Waals surface area contributed by atoms with Gasteiger partial charge in [-0.05, 0) is 24.8 Å².